The number of rotatable bonds is 4. The van der Waals surface area contributed by atoms with Crippen LogP contribution in [-0.2, 0) is 16.6 Å². The monoisotopic (exact) mass is 381 g/mol. The molecule has 11 nitrogen and oxygen atoms in total. The molecule has 0 unspecified atom stereocenters. The molecule has 2 atom stereocenters. The lowest BCUT2D eigenvalue weighted by Crippen LogP contribution is -2.70. The standard InChI is InChI=1S/C14H15N5O6S/c1-5-4-26-13-8(12(21)18(13)9(5)14(22)23)15-11(20)7-10(19(24)25)6(2)17(3)16-7/h8,13H,4H2,1-3H3,(H,15,20)(H,22,23)/t8-,13-/m0/s1. The van der Waals surface area contributed by atoms with Crippen LogP contribution < -0.4 is 5.32 Å². The number of nitro groups is 1. The predicted molar refractivity (Wildman–Crippen MR) is 89.3 cm³/mol. The van der Waals surface area contributed by atoms with Gasteiger partial charge in [0.2, 0.25) is 5.69 Å². The maximum Gasteiger partial charge on any atom is 0.352 e. The molecular weight excluding hydrogens is 366 g/mol. The predicted octanol–water partition coefficient (Wildman–Crippen LogP) is 0.00882. The number of nitrogens with zero attached hydrogens (tertiary/aromatic N) is 4. The highest BCUT2D eigenvalue weighted by Gasteiger charge is 2.54. The second kappa shape index (κ2) is 6.12. The Hall–Kier alpha value is -2.89. The van der Waals surface area contributed by atoms with Gasteiger partial charge >= 0.3 is 11.7 Å². The summed E-state index contributed by atoms with van der Waals surface area (Å²) in [5.41, 5.74) is -0.114. The molecule has 1 aromatic rings. The van der Waals surface area contributed by atoms with E-state index in [1.807, 2.05) is 0 Å². The van der Waals surface area contributed by atoms with Gasteiger partial charge < -0.3 is 10.4 Å². The molecule has 138 valence electrons. The lowest BCUT2D eigenvalue weighted by molar-refractivity contribution is -0.385. The van der Waals surface area contributed by atoms with Crippen LogP contribution in [0.15, 0.2) is 11.3 Å². The molecule has 2 aliphatic rings. The molecule has 3 heterocycles. The number of hydrogen-bond acceptors (Lipinski definition) is 7. The molecule has 1 saturated heterocycles. The van der Waals surface area contributed by atoms with Crippen molar-refractivity contribution in [3.8, 4) is 0 Å². The fourth-order valence-electron chi connectivity index (χ4n) is 2.95. The summed E-state index contributed by atoms with van der Waals surface area (Å²) in [4.78, 5) is 47.8. The third-order valence-electron chi connectivity index (χ3n) is 4.35. The second-order valence-electron chi connectivity index (χ2n) is 5.96. The number of aromatic nitrogens is 2. The van der Waals surface area contributed by atoms with Gasteiger partial charge in [0.05, 0.1) is 4.92 Å². The van der Waals surface area contributed by atoms with Gasteiger partial charge in [-0.25, -0.2) is 4.79 Å². The zero-order valence-electron chi connectivity index (χ0n) is 14.0. The van der Waals surface area contributed by atoms with Gasteiger partial charge in [-0.1, -0.05) is 0 Å². The van der Waals surface area contributed by atoms with E-state index < -0.39 is 39.8 Å². The molecule has 26 heavy (non-hydrogen) atoms. The molecule has 3 rings (SSSR count). The van der Waals surface area contributed by atoms with Crippen LogP contribution in [0, 0.1) is 17.0 Å². The summed E-state index contributed by atoms with van der Waals surface area (Å²) in [5.74, 6) is -2.21. The topological polar surface area (TPSA) is 148 Å². The van der Waals surface area contributed by atoms with Crippen LogP contribution in [0.1, 0.15) is 23.1 Å². The van der Waals surface area contributed by atoms with Crippen LogP contribution >= 0.6 is 11.8 Å². The van der Waals surface area contributed by atoms with Gasteiger partial charge in [0.25, 0.3) is 11.8 Å². The smallest absolute Gasteiger partial charge is 0.352 e. The summed E-state index contributed by atoms with van der Waals surface area (Å²) >= 11 is 1.32. The summed E-state index contributed by atoms with van der Waals surface area (Å²) in [6.07, 6.45) is 0. The first-order valence-corrected chi connectivity index (χ1v) is 8.56. The third kappa shape index (κ3) is 2.53. The third-order valence-corrected chi connectivity index (χ3v) is 5.77. The number of carboxylic acids is 1. The lowest BCUT2D eigenvalue weighted by Gasteiger charge is -2.49. The van der Waals surface area contributed by atoms with Crippen molar-refractivity contribution in [2.24, 2.45) is 7.05 Å². The van der Waals surface area contributed by atoms with Crippen LogP contribution in [-0.4, -0.2) is 59.7 Å². The molecule has 0 aliphatic carbocycles. The SMILES string of the molecule is CC1=C(C(=O)O)N2C(=O)[C@H](NC(=O)c3nn(C)c(C)c3[N+](=O)[O-])[C@@H]2SC1. The Kier molecular flexibility index (Phi) is 4.22. The molecule has 12 heteroatoms. The average Bonchev–Trinajstić information content (AvgIpc) is 2.87. The fraction of sp³-hybridized carbons (Fsp3) is 0.429. The largest absolute Gasteiger partial charge is 0.477 e. The number of β-lactam (4-membered cyclic amide) rings is 1. The minimum absolute atomic E-state index is 0.0797. The van der Waals surface area contributed by atoms with E-state index in [1.165, 1.54) is 30.4 Å². The van der Waals surface area contributed by atoms with Crippen LogP contribution in [0.2, 0.25) is 0 Å². The van der Waals surface area contributed by atoms with E-state index in [9.17, 15) is 29.6 Å². The number of amides is 2. The first kappa shape index (κ1) is 17.9. The van der Waals surface area contributed by atoms with Crippen LogP contribution in [0.4, 0.5) is 5.69 Å². The highest BCUT2D eigenvalue weighted by molar-refractivity contribution is 8.00. The zero-order chi connectivity index (χ0) is 19.3. The normalized spacial score (nSPS) is 22.0. The molecule has 1 fully saturated rings. The minimum atomic E-state index is -1.21. The summed E-state index contributed by atoms with van der Waals surface area (Å²) in [5, 5.41) is 26.2. The average molecular weight is 381 g/mol. The van der Waals surface area contributed by atoms with Gasteiger partial charge in [-0.3, -0.25) is 29.3 Å². The Labute approximate surface area is 151 Å². The quantitative estimate of drug-likeness (QED) is 0.421. The lowest BCUT2D eigenvalue weighted by atomic mass is 10.0. The van der Waals surface area contributed by atoms with E-state index in [-0.39, 0.29) is 17.1 Å². The van der Waals surface area contributed by atoms with E-state index in [0.717, 1.165) is 4.90 Å². The Balaban J connectivity index is 1.83. The fourth-order valence-corrected chi connectivity index (χ4v) is 4.25. The molecule has 2 N–H and O–H groups in total. The molecule has 2 amide bonds. The Bertz CT molecular complexity index is 891. The first-order chi connectivity index (χ1) is 12.1. The minimum Gasteiger partial charge on any atom is -0.477 e. The van der Waals surface area contributed by atoms with E-state index in [4.69, 9.17) is 0 Å². The molecule has 0 bridgehead atoms. The molecule has 2 aliphatic heterocycles. The van der Waals surface area contributed by atoms with E-state index >= 15 is 0 Å². The van der Waals surface area contributed by atoms with Crippen LogP contribution in [0.3, 0.4) is 0 Å². The number of aliphatic carboxylic acids is 1. The molecule has 0 radical (unpaired) electrons. The van der Waals surface area contributed by atoms with Crippen molar-refractivity contribution in [2.75, 3.05) is 5.75 Å². The number of thioether (sulfide) groups is 1. The summed E-state index contributed by atoms with van der Waals surface area (Å²) in [6, 6.07) is -0.961. The molecular formula is C14H15N5O6S. The Morgan fingerprint density at radius 2 is 2.08 bits per heavy atom. The first-order valence-electron chi connectivity index (χ1n) is 7.51. The summed E-state index contributed by atoms with van der Waals surface area (Å²) < 4.78 is 1.21. The highest BCUT2D eigenvalue weighted by atomic mass is 32.2. The van der Waals surface area contributed by atoms with Gasteiger partial charge in [-0.15, -0.1) is 11.8 Å². The van der Waals surface area contributed by atoms with Gasteiger partial charge in [0.1, 0.15) is 22.8 Å². The van der Waals surface area contributed by atoms with Gasteiger partial charge in [0.15, 0.2) is 0 Å². The van der Waals surface area contributed by atoms with E-state index in [1.54, 1.807) is 6.92 Å². The van der Waals surface area contributed by atoms with Crippen LogP contribution in [0.25, 0.3) is 0 Å². The molecule has 0 saturated carbocycles. The molecule has 0 aromatic carbocycles. The van der Waals surface area contributed by atoms with Gasteiger partial charge in [-0.2, -0.15) is 5.10 Å². The van der Waals surface area contributed by atoms with Crippen molar-refractivity contribution in [2.45, 2.75) is 25.3 Å². The Morgan fingerprint density at radius 1 is 1.42 bits per heavy atom. The number of fused-ring (bicyclic) bond motifs is 1. The van der Waals surface area contributed by atoms with Crippen molar-refractivity contribution < 1.29 is 24.4 Å². The van der Waals surface area contributed by atoms with Crippen molar-refractivity contribution in [3.63, 3.8) is 0 Å². The van der Waals surface area contributed by atoms with Crippen molar-refractivity contribution in [3.05, 3.63) is 32.8 Å². The van der Waals surface area contributed by atoms with E-state index in [2.05, 4.69) is 10.4 Å². The number of nitrogens with one attached hydrogen (secondary N) is 1. The maximum absolute atomic E-state index is 12.4. The number of carbonyl (C=O) groups excluding carboxylic acids is 2. The van der Waals surface area contributed by atoms with Crippen molar-refractivity contribution >= 4 is 35.2 Å². The number of aryl methyl sites for hydroxylation is 1. The van der Waals surface area contributed by atoms with Crippen molar-refractivity contribution in [1.82, 2.24) is 20.0 Å². The zero-order valence-corrected chi connectivity index (χ0v) is 14.9. The number of carbonyl (C=O) groups is 3. The maximum atomic E-state index is 12.4. The summed E-state index contributed by atoms with van der Waals surface area (Å²) in [7, 11) is 1.47. The van der Waals surface area contributed by atoms with E-state index in [0.29, 0.717) is 11.3 Å². The van der Waals surface area contributed by atoms with Gasteiger partial charge in [0, 0.05) is 12.8 Å². The summed E-state index contributed by atoms with van der Waals surface area (Å²) in [6.45, 7) is 3.09. The Morgan fingerprint density at radius 3 is 2.65 bits per heavy atom. The second-order valence-corrected chi connectivity index (χ2v) is 7.06. The van der Waals surface area contributed by atoms with Crippen LogP contribution in [0.5, 0.6) is 0 Å². The molecule has 0 spiro atoms. The highest BCUT2D eigenvalue weighted by Crippen LogP contribution is 2.40. The van der Waals surface area contributed by atoms with Gasteiger partial charge in [-0.05, 0) is 19.4 Å². The number of hydrogen-bond donors (Lipinski definition) is 2. The number of carboxylic acid groups (broad SMARTS) is 1. The van der Waals surface area contributed by atoms with Crippen molar-refractivity contribution in [1.29, 1.82) is 0 Å². The molecule has 1 aromatic heterocycles.